The number of methoxy groups -OCH3 is 1. The van der Waals surface area contributed by atoms with E-state index in [4.69, 9.17) is 0 Å². The minimum atomic E-state index is -3.79. The topological polar surface area (TPSA) is 89.5 Å². The van der Waals surface area contributed by atoms with Gasteiger partial charge in [-0.05, 0) is 36.2 Å². The Hall–Kier alpha value is -2.51. The molecule has 0 aliphatic carbocycles. The first kappa shape index (κ1) is 17.8. The SMILES string of the molecule is COC(=O)CNS(=O)(=O)c1ccc(-c2cccc(C(C)=O)c2)cc1. The van der Waals surface area contributed by atoms with Crippen LogP contribution in [0.1, 0.15) is 17.3 Å². The van der Waals surface area contributed by atoms with E-state index in [1.807, 2.05) is 6.07 Å². The summed E-state index contributed by atoms with van der Waals surface area (Å²) in [5.74, 6) is -0.709. The van der Waals surface area contributed by atoms with Crippen LogP contribution in [0.15, 0.2) is 53.4 Å². The van der Waals surface area contributed by atoms with Crippen LogP contribution in [-0.2, 0) is 19.6 Å². The van der Waals surface area contributed by atoms with Crippen LogP contribution in [0.3, 0.4) is 0 Å². The van der Waals surface area contributed by atoms with Crippen molar-refractivity contribution in [1.29, 1.82) is 0 Å². The Labute approximate surface area is 140 Å². The summed E-state index contributed by atoms with van der Waals surface area (Å²) in [6.07, 6.45) is 0. The Morgan fingerprint density at radius 1 is 1.04 bits per heavy atom. The highest BCUT2D eigenvalue weighted by Crippen LogP contribution is 2.22. The van der Waals surface area contributed by atoms with E-state index >= 15 is 0 Å². The standard InChI is InChI=1S/C17H17NO5S/c1-12(19)14-4-3-5-15(10-14)13-6-8-16(9-7-13)24(21,22)18-11-17(20)23-2/h3-10,18H,11H2,1-2H3. The van der Waals surface area contributed by atoms with Crippen molar-refractivity contribution in [3.05, 3.63) is 54.1 Å². The lowest BCUT2D eigenvalue weighted by molar-refractivity contribution is -0.139. The molecule has 24 heavy (non-hydrogen) atoms. The highest BCUT2D eigenvalue weighted by molar-refractivity contribution is 7.89. The molecule has 0 aliphatic rings. The second kappa shape index (κ2) is 7.37. The smallest absolute Gasteiger partial charge is 0.320 e. The third-order valence-electron chi connectivity index (χ3n) is 3.40. The molecule has 2 aromatic carbocycles. The number of sulfonamides is 1. The van der Waals surface area contributed by atoms with Crippen molar-refractivity contribution in [2.24, 2.45) is 0 Å². The van der Waals surface area contributed by atoms with Crippen molar-refractivity contribution in [3.63, 3.8) is 0 Å². The average molecular weight is 347 g/mol. The normalized spacial score (nSPS) is 11.1. The minimum Gasteiger partial charge on any atom is -0.468 e. The number of ether oxygens (including phenoxy) is 1. The summed E-state index contributed by atoms with van der Waals surface area (Å²) in [5.41, 5.74) is 2.18. The van der Waals surface area contributed by atoms with E-state index < -0.39 is 22.5 Å². The molecule has 0 saturated carbocycles. The van der Waals surface area contributed by atoms with Gasteiger partial charge in [-0.25, -0.2) is 8.42 Å². The van der Waals surface area contributed by atoms with Gasteiger partial charge in [-0.1, -0.05) is 30.3 Å². The van der Waals surface area contributed by atoms with E-state index in [0.29, 0.717) is 5.56 Å². The first-order valence-corrected chi connectivity index (χ1v) is 8.60. The van der Waals surface area contributed by atoms with Crippen LogP contribution >= 0.6 is 0 Å². The molecule has 0 unspecified atom stereocenters. The molecule has 126 valence electrons. The van der Waals surface area contributed by atoms with Crippen molar-refractivity contribution < 1.29 is 22.7 Å². The molecule has 0 atom stereocenters. The fourth-order valence-corrected chi connectivity index (χ4v) is 3.02. The Morgan fingerprint density at radius 3 is 2.29 bits per heavy atom. The maximum Gasteiger partial charge on any atom is 0.320 e. The Morgan fingerprint density at radius 2 is 1.71 bits per heavy atom. The summed E-state index contributed by atoms with van der Waals surface area (Å²) in [4.78, 5) is 22.5. The lowest BCUT2D eigenvalue weighted by Crippen LogP contribution is -2.30. The third-order valence-corrected chi connectivity index (χ3v) is 4.82. The molecular weight excluding hydrogens is 330 g/mol. The number of hydrogen-bond acceptors (Lipinski definition) is 5. The van der Waals surface area contributed by atoms with Gasteiger partial charge in [-0.2, -0.15) is 4.72 Å². The third kappa shape index (κ3) is 4.27. The largest absolute Gasteiger partial charge is 0.468 e. The van der Waals surface area contributed by atoms with Crippen molar-refractivity contribution in [2.75, 3.05) is 13.7 Å². The molecule has 0 heterocycles. The first-order valence-electron chi connectivity index (χ1n) is 7.11. The zero-order valence-corrected chi connectivity index (χ0v) is 14.1. The van der Waals surface area contributed by atoms with Crippen LogP contribution in [0.5, 0.6) is 0 Å². The summed E-state index contributed by atoms with van der Waals surface area (Å²) in [7, 11) is -2.61. The number of esters is 1. The van der Waals surface area contributed by atoms with Crippen LogP contribution in [0, 0.1) is 0 Å². The van der Waals surface area contributed by atoms with Gasteiger partial charge in [0.1, 0.15) is 6.54 Å². The molecule has 0 amide bonds. The maximum absolute atomic E-state index is 12.1. The average Bonchev–Trinajstić information content (AvgIpc) is 2.60. The summed E-state index contributed by atoms with van der Waals surface area (Å²) in [6.45, 7) is 1.06. The van der Waals surface area contributed by atoms with Crippen molar-refractivity contribution >= 4 is 21.8 Å². The number of ketones is 1. The van der Waals surface area contributed by atoms with Gasteiger partial charge in [0, 0.05) is 5.56 Å². The van der Waals surface area contributed by atoms with Crippen LogP contribution in [0.25, 0.3) is 11.1 Å². The second-order valence-corrected chi connectivity index (χ2v) is 6.83. The molecule has 7 heteroatoms. The molecule has 0 aromatic heterocycles. The zero-order chi connectivity index (χ0) is 17.7. The van der Waals surface area contributed by atoms with Crippen LogP contribution in [-0.4, -0.2) is 33.8 Å². The molecule has 6 nitrogen and oxygen atoms in total. The summed E-state index contributed by atoms with van der Waals surface area (Å²) in [5, 5.41) is 0. The van der Waals surface area contributed by atoms with Crippen LogP contribution in [0.2, 0.25) is 0 Å². The predicted molar refractivity (Wildman–Crippen MR) is 89.1 cm³/mol. The molecular formula is C17H17NO5S. The molecule has 0 fully saturated rings. The van der Waals surface area contributed by atoms with Crippen molar-refractivity contribution in [1.82, 2.24) is 4.72 Å². The molecule has 2 aromatic rings. The van der Waals surface area contributed by atoms with Gasteiger partial charge >= 0.3 is 5.97 Å². The summed E-state index contributed by atoms with van der Waals surface area (Å²) in [6, 6.07) is 13.3. The number of Topliss-reactive ketones (excluding diaryl/α,β-unsaturated/α-hetero) is 1. The second-order valence-electron chi connectivity index (χ2n) is 5.06. The van der Waals surface area contributed by atoms with E-state index in [9.17, 15) is 18.0 Å². The zero-order valence-electron chi connectivity index (χ0n) is 13.3. The molecule has 0 saturated heterocycles. The predicted octanol–water partition coefficient (Wildman–Crippen LogP) is 2.01. The van der Waals surface area contributed by atoms with E-state index in [1.54, 1.807) is 30.3 Å². The van der Waals surface area contributed by atoms with E-state index in [-0.39, 0.29) is 10.7 Å². The fraction of sp³-hybridized carbons (Fsp3) is 0.176. The van der Waals surface area contributed by atoms with E-state index in [2.05, 4.69) is 9.46 Å². The van der Waals surface area contributed by atoms with Crippen molar-refractivity contribution in [2.45, 2.75) is 11.8 Å². The highest BCUT2D eigenvalue weighted by Gasteiger charge is 2.15. The minimum absolute atomic E-state index is 0.0388. The van der Waals surface area contributed by atoms with E-state index in [1.165, 1.54) is 26.2 Å². The monoisotopic (exact) mass is 347 g/mol. The molecule has 0 spiro atoms. The van der Waals surface area contributed by atoms with Gasteiger partial charge < -0.3 is 4.74 Å². The summed E-state index contributed by atoms with van der Waals surface area (Å²) < 4.78 is 30.7. The number of hydrogen-bond donors (Lipinski definition) is 1. The molecule has 0 bridgehead atoms. The van der Waals surface area contributed by atoms with Crippen LogP contribution < -0.4 is 4.72 Å². The Kier molecular flexibility index (Phi) is 5.48. The number of rotatable bonds is 6. The molecule has 1 N–H and O–H groups in total. The first-order chi connectivity index (χ1) is 11.3. The lowest BCUT2D eigenvalue weighted by atomic mass is 10.0. The van der Waals surface area contributed by atoms with E-state index in [0.717, 1.165) is 11.1 Å². The number of benzene rings is 2. The van der Waals surface area contributed by atoms with Gasteiger partial charge in [0.15, 0.2) is 5.78 Å². The number of carbonyl (C=O) groups excluding carboxylic acids is 2. The fourth-order valence-electron chi connectivity index (χ4n) is 2.05. The van der Waals surface area contributed by atoms with Gasteiger partial charge in [0.25, 0.3) is 0 Å². The molecule has 2 rings (SSSR count). The van der Waals surface area contributed by atoms with Gasteiger partial charge in [0.05, 0.1) is 12.0 Å². The van der Waals surface area contributed by atoms with Gasteiger partial charge in [-0.3, -0.25) is 9.59 Å². The summed E-state index contributed by atoms with van der Waals surface area (Å²) >= 11 is 0. The Bertz CT molecular complexity index is 857. The maximum atomic E-state index is 12.1. The van der Waals surface area contributed by atoms with Crippen LogP contribution in [0.4, 0.5) is 0 Å². The number of carbonyl (C=O) groups is 2. The van der Waals surface area contributed by atoms with Gasteiger partial charge in [-0.15, -0.1) is 0 Å². The van der Waals surface area contributed by atoms with Crippen molar-refractivity contribution in [3.8, 4) is 11.1 Å². The number of nitrogens with one attached hydrogen (secondary N) is 1. The Balaban J connectivity index is 2.23. The molecule has 0 aliphatic heterocycles. The molecule has 0 radical (unpaired) electrons. The van der Waals surface area contributed by atoms with Gasteiger partial charge in [0.2, 0.25) is 10.0 Å². The highest BCUT2D eigenvalue weighted by atomic mass is 32.2. The lowest BCUT2D eigenvalue weighted by Gasteiger charge is -2.08. The quantitative estimate of drug-likeness (QED) is 0.638.